The summed E-state index contributed by atoms with van der Waals surface area (Å²) < 4.78 is 158. The summed E-state index contributed by atoms with van der Waals surface area (Å²) in [5.74, 6) is -7.96. The highest BCUT2D eigenvalue weighted by Crippen LogP contribution is 2.50. The summed E-state index contributed by atoms with van der Waals surface area (Å²) in [5.41, 5.74) is 7.23. The summed E-state index contributed by atoms with van der Waals surface area (Å²) in [6.45, 7) is 25.4. The summed E-state index contributed by atoms with van der Waals surface area (Å²) >= 11 is 0. The number of aliphatic carboxylic acids is 1. The molecule has 0 bridgehead atoms. The summed E-state index contributed by atoms with van der Waals surface area (Å²) in [7, 11) is 0. The molecule has 26 heteroatoms. The minimum atomic E-state index is -4.78. The van der Waals surface area contributed by atoms with E-state index in [4.69, 9.17) is 15.2 Å². The molecule has 2 aliphatic carbocycles. The molecule has 2 saturated carbocycles. The minimum absolute atomic E-state index is 0. The highest BCUT2D eigenvalue weighted by atomic mass is 32.1. The van der Waals surface area contributed by atoms with Gasteiger partial charge in [-0.1, -0.05) is 76.9 Å². The number of aromatic nitrogens is 2. The van der Waals surface area contributed by atoms with Crippen LogP contribution in [0.3, 0.4) is 0 Å². The molecule has 588 valence electrons. The number of carboxylic acids is 1. The van der Waals surface area contributed by atoms with Crippen molar-refractivity contribution in [1.82, 2.24) is 18.9 Å². The van der Waals surface area contributed by atoms with Gasteiger partial charge in [-0.25, -0.2) is 22.4 Å². The van der Waals surface area contributed by atoms with Gasteiger partial charge in [-0.2, -0.15) is 53.3 Å². The Balaban J connectivity index is 0.000000274. The van der Waals surface area contributed by atoms with Crippen molar-refractivity contribution in [3.63, 3.8) is 0 Å². The van der Waals surface area contributed by atoms with Gasteiger partial charge in [0.1, 0.15) is 29.3 Å². The zero-order chi connectivity index (χ0) is 77.5. The predicted octanol–water partition coefficient (Wildman–Crippen LogP) is 17.4. The Morgan fingerprint density at radius 3 is 1.25 bits per heavy atom. The Kier molecular flexibility index (Phi) is 30.6. The first-order valence-corrected chi connectivity index (χ1v) is 36.2. The van der Waals surface area contributed by atoms with E-state index in [-0.39, 0.29) is 123 Å². The standard InChI is InChI=1S/C41H49F5N2O4.C20H27F3N2O3.C20H23F2NO2.2H2S/c1-7-52-35(51)19-29(37-38(42)27(6)17-30(39(37)43)36-25(4)10-8-11-26(36)5)18-33(49)32(16-24(2)3)48-21-28(31(20-34(48)50)41(44,45)46)12-15-47-22-40(23-47)13-9-14-40;1-13(2)8-16(18(27)28)25-10-14(15(9-17(25)26)20(21,22)23)4-7-24-11-19(12-24)5-3-6-19;1-5-25-16(24)10-15(23)18-19(21)13(4)9-14(20(18)22)17-11(2)7-6-8-12(17)3;;/h8,10-11,17,20-21,24,29,32H,7,9,12-16,18-19,22-23H2,1-6H3;9-10,13,16H,3-8,11-12H2,1-2H3,(H,27,28);6-9,15H,5,10,23H2,1-4H3;2*1H2/t29-,32?;;15-;;/m0.0../s1. The van der Waals surface area contributed by atoms with Gasteiger partial charge in [0.25, 0.3) is 11.1 Å². The number of esters is 2. The van der Waals surface area contributed by atoms with E-state index >= 15 is 13.2 Å². The number of alkyl halides is 6. The number of nitrogens with zero attached hydrogens (tertiary/aromatic N) is 4. The molecule has 2 spiro atoms. The lowest BCUT2D eigenvalue weighted by atomic mass is 9.63. The maximum Gasteiger partial charge on any atom is 0.416 e. The first-order valence-electron chi connectivity index (χ1n) is 36.2. The Bertz CT molecular complexity index is 4240. The third-order valence-electron chi connectivity index (χ3n) is 21.1. The second-order valence-corrected chi connectivity index (χ2v) is 30.3. The van der Waals surface area contributed by atoms with Crippen LogP contribution >= 0.6 is 27.0 Å². The monoisotopic (exact) mass is 1540 g/mol. The molecule has 4 fully saturated rings. The highest BCUT2D eigenvalue weighted by molar-refractivity contribution is 7.59. The van der Waals surface area contributed by atoms with Crippen molar-refractivity contribution in [2.45, 2.75) is 203 Å². The van der Waals surface area contributed by atoms with Gasteiger partial charge in [0, 0.05) is 104 Å². The summed E-state index contributed by atoms with van der Waals surface area (Å²) in [4.78, 5) is 80.5. The van der Waals surface area contributed by atoms with Gasteiger partial charge in [-0.15, -0.1) is 0 Å². The largest absolute Gasteiger partial charge is 0.480 e. The number of halogens is 10. The number of nitrogens with two attached hydrogens (primary N) is 1. The Morgan fingerprint density at radius 1 is 0.533 bits per heavy atom. The fourth-order valence-electron chi connectivity index (χ4n) is 15.6. The first kappa shape index (κ1) is 88.6. The molecule has 6 aromatic rings. The SMILES string of the molecule is CC(C)CC(C(=O)O)n1cc(CCN2CC3(CCC3)C2)c(C(F)(F)F)cc1=O.CCOC(=O)C[C@H](CC(=O)C(CC(C)C)n1cc(CCN2CC3(CCC3)C2)c(C(F)(F)F)cc1=O)c1c(F)c(C)cc(-c2c(C)cccc2C)c1F.CCOC(=O)C[C@H](N)c1c(F)c(C)cc(-c2c(C)cccc2C)c1F.S.S. The maximum absolute atomic E-state index is 16.7. The normalized spacial score (nSPS) is 16.2. The summed E-state index contributed by atoms with van der Waals surface area (Å²) in [6, 6.07) is 11.5. The molecule has 4 aromatic carbocycles. The Labute approximate surface area is 634 Å². The van der Waals surface area contributed by atoms with Gasteiger partial charge < -0.3 is 39.2 Å². The number of carbonyl (C=O) groups is 4. The van der Waals surface area contributed by atoms with Gasteiger partial charge in [0.2, 0.25) is 0 Å². The van der Waals surface area contributed by atoms with Crippen LogP contribution in [0.25, 0.3) is 22.3 Å². The molecule has 10 rings (SSSR count). The molecule has 2 aliphatic heterocycles. The van der Waals surface area contributed by atoms with Crippen LogP contribution in [0.1, 0.15) is 203 Å². The van der Waals surface area contributed by atoms with Crippen LogP contribution in [0.15, 0.2) is 82.6 Å². The minimum Gasteiger partial charge on any atom is -0.480 e. The van der Waals surface area contributed by atoms with E-state index in [1.165, 1.54) is 44.7 Å². The third kappa shape index (κ3) is 21.2. The molecule has 107 heavy (non-hydrogen) atoms. The Hall–Kier alpha value is -7.26. The van der Waals surface area contributed by atoms with E-state index < -0.39 is 124 Å². The smallest absolute Gasteiger partial charge is 0.416 e. The lowest BCUT2D eigenvalue weighted by Gasteiger charge is -2.56. The zero-order valence-corrected chi connectivity index (χ0v) is 65.1. The van der Waals surface area contributed by atoms with Crippen LogP contribution in [-0.4, -0.2) is 100 Å². The number of hydrogen-bond donors (Lipinski definition) is 2. The summed E-state index contributed by atoms with van der Waals surface area (Å²) in [5, 5.41) is 9.49. The Morgan fingerprint density at radius 2 is 0.897 bits per heavy atom. The van der Waals surface area contributed by atoms with Crippen molar-refractivity contribution in [2.75, 3.05) is 52.5 Å². The topological polar surface area (TPSA) is 183 Å². The molecule has 0 radical (unpaired) electrons. The van der Waals surface area contributed by atoms with Gasteiger partial charge in [-0.05, 0) is 197 Å². The molecule has 2 saturated heterocycles. The number of ketones is 1. The van der Waals surface area contributed by atoms with Gasteiger partial charge in [-0.3, -0.25) is 24.0 Å². The van der Waals surface area contributed by atoms with Crippen LogP contribution in [0.4, 0.5) is 43.9 Å². The van der Waals surface area contributed by atoms with Gasteiger partial charge in [0.15, 0.2) is 5.78 Å². The predicted molar refractivity (Wildman–Crippen MR) is 403 cm³/mol. The van der Waals surface area contributed by atoms with E-state index in [0.29, 0.717) is 47.3 Å². The second-order valence-electron chi connectivity index (χ2n) is 30.3. The molecular weight excluding hydrogens is 1440 g/mol. The van der Waals surface area contributed by atoms with Crippen molar-refractivity contribution in [2.24, 2.45) is 28.4 Å². The van der Waals surface area contributed by atoms with E-state index in [2.05, 4.69) is 9.80 Å². The second kappa shape index (κ2) is 37.0. The van der Waals surface area contributed by atoms with Gasteiger partial charge in [0.05, 0.1) is 43.2 Å². The molecule has 14 nitrogen and oxygen atoms in total. The van der Waals surface area contributed by atoms with E-state index in [1.54, 1.807) is 46.8 Å². The number of pyridine rings is 2. The van der Waals surface area contributed by atoms with E-state index in [9.17, 15) is 64.6 Å². The first-order chi connectivity index (χ1) is 49.2. The molecule has 4 heterocycles. The third-order valence-corrected chi connectivity index (χ3v) is 21.1. The molecular formula is C81H103F10N5O9S2. The number of Topliss-reactive ketones (excluding diaryl/α,β-unsaturated/α-hetero) is 1. The number of ether oxygens (including phenoxy) is 2. The zero-order valence-electron chi connectivity index (χ0n) is 63.1. The number of carboxylic acid groups (broad SMARTS) is 1. The average Bonchev–Trinajstić information content (AvgIpc) is 0.452. The molecule has 3 N–H and O–H groups in total. The van der Waals surface area contributed by atoms with Crippen molar-refractivity contribution in [3.05, 3.63) is 184 Å². The number of hydrogen-bond acceptors (Lipinski definition) is 11. The lowest BCUT2D eigenvalue weighted by molar-refractivity contribution is -0.144. The number of rotatable bonds is 26. The van der Waals surface area contributed by atoms with E-state index in [0.717, 1.165) is 82.8 Å². The van der Waals surface area contributed by atoms with Crippen LogP contribution in [-0.2, 0) is 53.8 Å². The van der Waals surface area contributed by atoms with Crippen LogP contribution in [0, 0.1) is 87.5 Å². The van der Waals surface area contributed by atoms with E-state index in [1.807, 2.05) is 65.8 Å². The van der Waals surface area contributed by atoms with Gasteiger partial charge >= 0.3 is 30.3 Å². The van der Waals surface area contributed by atoms with Crippen LogP contribution in [0.2, 0.25) is 0 Å². The fourth-order valence-corrected chi connectivity index (χ4v) is 15.6. The van der Waals surface area contributed by atoms with Crippen molar-refractivity contribution in [1.29, 1.82) is 0 Å². The number of likely N-dealkylation sites (tertiary alicyclic amines) is 2. The number of carbonyl (C=O) groups excluding carboxylic acids is 3. The average molecular weight is 1540 g/mol. The molecule has 2 aromatic heterocycles. The highest BCUT2D eigenvalue weighted by Gasteiger charge is 2.48. The quantitative estimate of drug-likeness (QED) is 0.0388. The molecule has 4 aliphatic rings. The lowest BCUT2D eigenvalue weighted by Crippen LogP contribution is -2.59. The van der Waals surface area contributed by atoms with Crippen molar-refractivity contribution in [3.8, 4) is 22.3 Å². The fraction of sp³-hybridized carbons (Fsp3) is 0.531. The summed E-state index contributed by atoms with van der Waals surface area (Å²) in [6.07, 6.45) is -1.08. The molecule has 0 amide bonds. The van der Waals surface area contributed by atoms with Crippen LogP contribution in [0.5, 0.6) is 0 Å². The number of benzene rings is 4. The van der Waals surface area contributed by atoms with Crippen molar-refractivity contribution >= 4 is 50.7 Å². The molecule has 4 atom stereocenters. The van der Waals surface area contributed by atoms with Crippen LogP contribution < -0.4 is 16.9 Å². The number of aryl methyl sites for hydroxylation is 6. The van der Waals surface area contributed by atoms with Crippen molar-refractivity contribution < 1.29 is 77.7 Å². The molecule has 2 unspecified atom stereocenters. The maximum atomic E-state index is 16.7.